The van der Waals surface area contributed by atoms with Crippen molar-refractivity contribution < 1.29 is 5.11 Å². The van der Waals surface area contributed by atoms with Gasteiger partial charge in [0.15, 0.2) is 0 Å². The fourth-order valence-corrected chi connectivity index (χ4v) is 2.52. The first kappa shape index (κ1) is 14.1. The third-order valence-electron chi connectivity index (χ3n) is 3.27. The van der Waals surface area contributed by atoms with E-state index in [2.05, 4.69) is 5.10 Å². The lowest BCUT2D eigenvalue weighted by Crippen LogP contribution is -2.09. The molecule has 0 saturated heterocycles. The molecule has 0 fully saturated rings. The van der Waals surface area contributed by atoms with E-state index in [4.69, 9.17) is 11.6 Å². The average molecular weight is 279 g/mol. The van der Waals surface area contributed by atoms with Gasteiger partial charge in [-0.25, -0.2) is 0 Å². The molecule has 4 heteroatoms. The van der Waals surface area contributed by atoms with E-state index in [9.17, 15) is 5.11 Å². The predicted molar refractivity (Wildman–Crippen MR) is 77.5 cm³/mol. The molecule has 1 unspecified atom stereocenters. The summed E-state index contributed by atoms with van der Waals surface area (Å²) in [6.07, 6.45) is -0.0773. The summed E-state index contributed by atoms with van der Waals surface area (Å²) in [7, 11) is 0. The van der Waals surface area contributed by atoms with Crippen molar-refractivity contribution in [1.82, 2.24) is 9.78 Å². The molecule has 102 valence electrons. The zero-order valence-corrected chi connectivity index (χ0v) is 12.3. The molecule has 0 radical (unpaired) electrons. The van der Waals surface area contributed by atoms with E-state index in [0.717, 1.165) is 29.1 Å². The number of rotatable bonds is 4. The summed E-state index contributed by atoms with van der Waals surface area (Å²) in [6, 6.07) is 7.75. The van der Waals surface area contributed by atoms with E-state index in [1.54, 1.807) is 0 Å². The lowest BCUT2D eigenvalue weighted by Gasteiger charge is -2.14. The molecule has 1 N–H and O–H groups in total. The minimum Gasteiger partial charge on any atom is -0.388 e. The van der Waals surface area contributed by atoms with E-state index in [-0.39, 0.29) is 0 Å². The maximum atomic E-state index is 10.4. The first-order valence-electron chi connectivity index (χ1n) is 6.49. The van der Waals surface area contributed by atoms with Crippen LogP contribution in [-0.4, -0.2) is 14.9 Å². The van der Waals surface area contributed by atoms with E-state index in [1.165, 1.54) is 0 Å². The standard InChI is InChI=1S/C15H19ClN2O/c1-4-18-12(8-11(3)17-18)9-14(19)13-7-5-6-10(2)15(13)16/h5-8,14,19H,4,9H2,1-3H3. The van der Waals surface area contributed by atoms with Crippen LogP contribution in [0.3, 0.4) is 0 Å². The van der Waals surface area contributed by atoms with E-state index in [0.29, 0.717) is 11.4 Å². The number of aryl methyl sites for hydroxylation is 3. The topological polar surface area (TPSA) is 38.0 Å². The number of aliphatic hydroxyl groups is 1. The molecule has 1 atom stereocenters. The highest BCUT2D eigenvalue weighted by Crippen LogP contribution is 2.28. The molecule has 1 aromatic carbocycles. The van der Waals surface area contributed by atoms with Crippen LogP contribution in [0, 0.1) is 13.8 Å². The molecular weight excluding hydrogens is 260 g/mol. The van der Waals surface area contributed by atoms with Crippen molar-refractivity contribution in [1.29, 1.82) is 0 Å². The molecule has 0 aliphatic carbocycles. The van der Waals surface area contributed by atoms with Crippen LogP contribution in [0.15, 0.2) is 24.3 Å². The van der Waals surface area contributed by atoms with Crippen molar-refractivity contribution >= 4 is 11.6 Å². The molecule has 0 aliphatic rings. The molecule has 1 heterocycles. The van der Waals surface area contributed by atoms with Gasteiger partial charge in [0.1, 0.15) is 0 Å². The van der Waals surface area contributed by atoms with Crippen LogP contribution in [0.25, 0.3) is 0 Å². The van der Waals surface area contributed by atoms with Gasteiger partial charge in [-0.15, -0.1) is 0 Å². The quantitative estimate of drug-likeness (QED) is 0.930. The number of hydrogen-bond acceptors (Lipinski definition) is 2. The third kappa shape index (κ3) is 2.99. The van der Waals surface area contributed by atoms with Crippen LogP contribution in [0.5, 0.6) is 0 Å². The number of halogens is 1. The number of aliphatic hydroxyl groups excluding tert-OH is 1. The first-order valence-corrected chi connectivity index (χ1v) is 6.87. The Morgan fingerprint density at radius 2 is 2.11 bits per heavy atom. The number of benzene rings is 1. The summed E-state index contributed by atoms with van der Waals surface area (Å²) < 4.78 is 1.92. The fraction of sp³-hybridized carbons (Fsp3) is 0.400. The van der Waals surface area contributed by atoms with Crippen LogP contribution < -0.4 is 0 Å². The van der Waals surface area contributed by atoms with Crippen molar-refractivity contribution in [3.05, 3.63) is 51.8 Å². The Morgan fingerprint density at radius 1 is 1.37 bits per heavy atom. The molecule has 0 spiro atoms. The molecule has 2 rings (SSSR count). The van der Waals surface area contributed by atoms with Crippen molar-refractivity contribution in [2.75, 3.05) is 0 Å². The number of nitrogens with zero attached hydrogens (tertiary/aromatic N) is 2. The second-order valence-corrected chi connectivity index (χ2v) is 5.17. The molecule has 0 aliphatic heterocycles. The summed E-state index contributed by atoms with van der Waals surface area (Å²) in [6.45, 7) is 6.75. The van der Waals surface area contributed by atoms with Gasteiger partial charge in [0.25, 0.3) is 0 Å². The Hall–Kier alpha value is -1.32. The Morgan fingerprint density at radius 3 is 2.79 bits per heavy atom. The van der Waals surface area contributed by atoms with E-state index in [1.807, 2.05) is 49.7 Å². The van der Waals surface area contributed by atoms with Gasteiger partial charge >= 0.3 is 0 Å². The van der Waals surface area contributed by atoms with Crippen LogP contribution in [0.1, 0.15) is 35.5 Å². The highest BCUT2D eigenvalue weighted by molar-refractivity contribution is 6.32. The Balaban J connectivity index is 2.25. The zero-order valence-electron chi connectivity index (χ0n) is 11.5. The predicted octanol–water partition coefficient (Wildman–Crippen LogP) is 3.45. The SMILES string of the molecule is CCn1nc(C)cc1CC(O)c1cccc(C)c1Cl. The molecule has 0 bridgehead atoms. The van der Waals surface area contributed by atoms with Crippen LogP contribution in [0.4, 0.5) is 0 Å². The van der Waals surface area contributed by atoms with Crippen molar-refractivity contribution in [3.8, 4) is 0 Å². The van der Waals surface area contributed by atoms with Crippen LogP contribution >= 0.6 is 11.6 Å². The average Bonchev–Trinajstić information content (AvgIpc) is 2.72. The van der Waals surface area contributed by atoms with Crippen molar-refractivity contribution in [3.63, 3.8) is 0 Å². The highest BCUT2D eigenvalue weighted by Gasteiger charge is 2.16. The molecule has 0 amide bonds. The molecule has 0 saturated carbocycles. The third-order valence-corrected chi connectivity index (χ3v) is 3.78. The van der Waals surface area contributed by atoms with Gasteiger partial charge in [-0.05, 0) is 38.0 Å². The van der Waals surface area contributed by atoms with Gasteiger partial charge in [0, 0.05) is 23.7 Å². The molecule has 19 heavy (non-hydrogen) atoms. The fourth-order valence-electron chi connectivity index (χ4n) is 2.27. The van der Waals surface area contributed by atoms with E-state index < -0.39 is 6.10 Å². The van der Waals surface area contributed by atoms with Crippen molar-refractivity contribution in [2.24, 2.45) is 0 Å². The second kappa shape index (κ2) is 5.76. The Kier molecular flexibility index (Phi) is 4.27. The Bertz CT molecular complexity index is 578. The second-order valence-electron chi connectivity index (χ2n) is 4.79. The van der Waals surface area contributed by atoms with Gasteiger partial charge in [0.2, 0.25) is 0 Å². The van der Waals surface area contributed by atoms with Gasteiger partial charge < -0.3 is 5.11 Å². The lowest BCUT2D eigenvalue weighted by molar-refractivity contribution is 0.175. The summed E-state index contributed by atoms with van der Waals surface area (Å²) in [5, 5.41) is 15.4. The highest BCUT2D eigenvalue weighted by atomic mass is 35.5. The monoisotopic (exact) mass is 278 g/mol. The van der Waals surface area contributed by atoms with Gasteiger partial charge in [0.05, 0.1) is 11.8 Å². The smallest absolute Gasteiger partial charge is 0.0859 e. The molecule has 2 aromatic rings. The summed E-state index contributed by atoms with van der Waals surface area (Å²) in [4.78, 5) is 0. The zero-order chi connectivity index (χ0) is 14.0. The summed E-state index contributed by atoms with van der Waals surface area (Å²) in [5.41, 5.74) is 3.77. The minimum absolute atomic E-state index is 0.526. The normalized spacial score (nSPS) is 12.7. The van der Waals surface area contributed by atoms with Crippen LogP contribution in [-0.2, 0) is 13.0 Å². The lowest BCUT2D eigenvalue weighted by atomic mass is 10.0. The number of hydrogen-bond donors (Lipinski definition) is 1. The molecule has 3 nitrogen and oxygen atoms in total. The largest absolute Gasteiger partial charge is 0.388 e. The van der Waals surface area contributed by atoms with Gasteiger partial charge in [-0.2, -0.15) is 5.10 Å². The minimum atomic E-state index is -0.603. The van der Waals surface area contributed by atoms with Gasteiger partial charge in [-0.1, -0.05) is 29.8 Å². The summed E-state index contributed by atoms with van der Waals surface area (Å²) in [5.74, 6) is 0. The maximum absolute atomic E-state index is 10.4. The van der Waals surface area contributed by atoms with E-state index >= 15 is 0 Å². The van der Waals surface area contributed by atoms with Crippen LogP contribution in [0.2, 0.25) is 5.02 Å². The Labute approximate surface area is 118 Å². The first-order chi connectivity index (χ1) is 9.02. The maximum Gasteiger partial charge on any atom is 0.0859 e. The number of aromatic nitrogens is 2. The molecule has 1 aromatic heterocycles. The molecular formula is C15H19ClN2O. The van der Waals surface area contributed by atoms with Gasteiger partial charge in [-0.3, -0.25) is 4.68 Å². The van der Waals surface area contributed by atoms with Crippen molar-refractivity contribution in [2.45, 2.75) is 39.8 Å². The summed E-state index contributed by atoms with van der Waals surface area (Å²) >= 11 is 6.25.